The molecular weight excluding hydrogens is 150 g/mol. The highest BCUT2D eigenvalue weighted by atomic mass is 32.1. The molecule has 0 radical (unpaired) electrons. The van der Waals surface area contributed by atoms with Gasteiger partial charge in [0.1, 0.15) is 6.04 Å². The highest BCUT2D eigenvalue weighted by Crippen LogP contribution is 2.04. The van der Waals surface area contributed by atoms with E-state index in [2.05, 4.69) is 17.1 Å². The molecule has 0 aliphatic heterocycles. The summed E-state index contributed by atoms with van der Waals surface area (Å²) >= 11 is 3.35. The molecule has 0 aromatic rings. The van der Waals surface area contributed by atoms with Crippen LogP contribution in [0.15, 0.2) is 0 Å². The minimum absolute atomic E-state index is 0.405. The summed E-state index contributed by atoms with van der Waals surface area (Å²) in [5.74, 6) is -0.0560. The zero-order valence-electron chi connectivity index (χ0n) is 6.20. The van der Waals surface area contributed by atoms with Crippen molar-refractivity contribution in [2.24, 2.45) is 11.7 Å². The molecule has 0 unspecified atom stereocenters. The lowest BCUT2D eigenvalue weighted by atomic mass is 10.1. The molecule has 0 saturated heterocycles. The normalized spacial score (nSPS) is 13.3. The van der Waals surface area contributed by atoms with E-state index in [-0.39, 0.29) is 0 Å². The first-order valence-electron chi connectivity index (χ1n) is 3.18. The maximum atomic E-state index is 10.6. The molecule has 0 saturated carbocycles. The van der Waals surface area contributed by atoms with Crippen molar-refractivity contribution in [3.8, 4) is 0 Å². The summed E-state index contributed by atoms with van der Waals surface area (Å²) in [6, 6.07) is -0.530. The van der Waals surface area contributed by atoms with Crippen molar-refractivity contribution in [2.45, 2.75) is 26.3 Å². The molecule has 0 fully saturated rings. The second-order valence-corrected chi connectivity index (χ2v) is 2.83. The SMILES string of the molecule is CC(C)C[C@H](N)C(=O)OS. The zero-order valence-corrected chi connectivity index (χ0v) is 7.10. The van der Waals surface area contributed by atoms with Crippen LogP contribution in [0, 0.1) is 5.92 Å². The fourth-order valence-corrected chi connectivity index (χ4v) is 0.807. The van der Waals surface area contributed by atoms with Crippen molar-refractivity contribution in [1.29, 1.82) is 0 Å². The van der Waals surface area contributed by atoms with Gasteiger partial charge in [-0.05, 0) is 12.3 Å². The third-order valence-electron chi connectivity index (χ3n) is 1.12. The van der Waals surface area contributed by atoms with E-state index in [1.54, 1.807) is 0 Å². The van der Waals surface area contributed by atoms with Gasteiger partial charge in [-0.25, -0.2) is 4.79 Å². The Bertz CT molecular complexity index is 116. The zero-order chi connectivity index (χ0) is 8.15. The predicted molar refractivity (Wildman–Crippen MR) is 42.5 cm³/mol. The van der Waals surface area contributed by atoms with Gasteiger partial charge in [0.25, 0.3) is 0 Å². The minimum Gasteiger partial charge on any atom is -0.393 e. The minimum atomic E-state index is -0.530. The molecule has 1 atom stereocenters. The number of thiol groups is 1. The van der Waals surface area contributed by atoms with E-state index >= 15 is 0 Å². The maximum Gasteiger partial charge on any atom is 0.334 e. The van der Waals surface area contributed by atoms with Crippen LogP contribution in [0.25, 0.3) is 0 Å². The number of rotatable bonds is 3. The van der Waals surface area contributed by atoms with Crippen LogP contribution in [0.5, 0.6) is 0 Å². The molecule has 0 aliphatic carbocycles. The molecule has 0 heterocycles. The van der Waals surface area contributed by atoms with Crippen LogP contribution in [0.1, 0.15) is 20.3 Å². The molecule has 2 N–H and O–H groups in total. The summed E-state index contributed by atoms with van der Waals surface area (Å²) in [4.78, 5) is 10.6. The molecule has 0 bridgehead atoms. The molecule has 4 heteroatoms. The quantitative estimate of drug-likeness (QED) is 0.477. The Balaban J connectivity index is 3.61. The van der Waals surface area contributed by atoms with Crippen molar-refractivity contribution < 1.29 is 8.98 Å². The van der Waals surface area contributed by atoms with Crippen LogP contribution < -0.4 is 5.73 Å². The number of hydrogen-bond acceptors (Lipinski definition) is 4. The smallest absolute Gasteiger partial charge is 0.334 e. The number of carbonyl (C=O) groups is 1. The van der Waals surface area contributed by atoms with Gasteiger partial charge in [0.15, 0.2) is 0 Å². The molecule has 60 valence electrons. The van der Waals surface area contributed by atoms with E-state index in [9.17, 15) is 4.79 Å². The Morgan fingerprint density at radius 1 is 1.70 bits per heavy atom. The monoisotopic (exact) mass is 163 g/mol. The van der Waals surface area contributed by atoms with Crippen molar-refractivity contribution in [2.75, 3.05) is 0 Å². The topological polar surface area (TPSA) is 52.3 Å². The van der Waals surface area contributed by atoms with Gasteiger partial charge in [-0.2, -0.15) is 0 Å². The molecule has 0 amide bonds. The standard InChI is InChI=1S/C6H13NO2S/c1-4(2)3-5(7)6(8)9-10/h4-5,10H,3,7H2,1-2H3/t5-/m0/s1. The first-order chi connectivity index (χ1) is 4.57. The molecule has 3 nitrogen and oxygen atoms in total. The Morgan fingerprint density at radius 2 is 2.20 bits per heavy atom. The van der Waals surface area contributed by atoms with E-state index in [4.69, 9.17) is 5.73 Å². The Labute approximate surface area is 66.5 Å². The summed E-state index contributed by atoms with van der Waals surface area (Å²) in [6.07, 6.45) is 0.638. The molecule has 0 aromatic carbocycles. The average Bonchev–Trinajstić information content (AvgIpc) is 1.85. The van der Waals surface area contributed by atoms with Crippen molar-refractivity contribution >= 4 is 18.9 Å². The maximum absolute atomic E-state index is 10.6. The lowest BCUT2D eigenvalue weighted by Gasteiger charge is -2.09. The third-order valence-corrected chi connectivity index (χ3v) is 1.30. The van der Waals surface area contributed by atoms with Gasteiger partial charge in [-0.1, -0.05) is 13.8 Å². The van der Waals surface area contributed by atoms with Gasteiger partial charge in [-0.3, -0.25) is 0 Å². The fraction of sp³-hybridized carbons (Fsp3) is 0.833. The summed E-state index contributed by atoms with van der Waals surface area (Å²) in [6.45, 7) is 3.98. The van der Waals surface area contributed by atoms with Crippen LogP contribution in [0.4, 0.5) is 0 Å². The largest absolute Gasteiger partial charge is 0.393 e. The number of nitrogens with two attached hydrogens (primary N) is 1. The first-order valence-corrected chi connectivity index (χ1v) is 3.55. The van der Waals surface area contributed by atoms with E-state index in [0.717, 1.165) is 0 Å². The van der Waals surface area contributed by atoms with Crippen molar-refractivity contribution in [3.05, 3.63) is 0 Å². The summed E-state index contributed by atoms with van der Waals surface area (Å²) in [5, 5.41) is 0. The molecule has 10 heavy (non-hydrogen) atoms. The molecule has 0 aliphatic rings. The van der Waals surface area contributed by atoms with Gasteiger partial charge >= 0.3 is 5.97 Å². The van der Waals surface area contributed by atoms with Gasteiger partial charge in [-0.15, -0.1) is 0 Å². The lowest BCUT2D eigenvalue weighted by Crippen LogP contribution is -2.31. The number of carbonyl (C=O) groups excluding carboxylic acids is 1. The fourth-order valence-electron chi connectivity index (χ4n) is 0.672. The predicted octanol–water partition coefficient (Wildman–Crippen LogP) is 0.748. The van der Waals surface area contributed by atoms with Gasteiger partial charge in [0.2, 0.25) is 0 Å². The molecule has 0 aromatic heterocycles. The first kappa shape index (κ1) is 9.78. The Hall–Kier alpha value is -0.220. The van der Waals surface area contributed by atoms with E-state index < -0.39 is 12.0 Å². The van der Waals surface area contributed by atoms with Gasteiger partial charge in [0.05, 0.1) is 0 Å². The summed E-state index contributed by atoms with van der Waals surface area (Å²) < 4.78 is 4.14. The van der Waals surface area contributed by atoms with E-state index in [1.807, 2.05) is 13.8 Å². The third kappa shape index (κ3) is 3.74. The Morgan fingerprint density at radius 3 is 2.50 bits per heavy atom. The molecule has 0 spiro atoms. The highest BCUT2D eigenvalue weighted by Gasteiger charge is 2.14. The molecular formula is C6H13NO2S. The summed E-state index contributed by atoms with van der Waals surface area (Å²) in [7, 11) is 0. The van der Waals surface area contributed by atoms with Crippen molar-refractivity contribution in [1.82, 2.24) is 0 Å². The van der Waals surface area contributed by atoms with Crippen molar-refractivity contribution in [3.63, 3.8) is 0 Å². The second-order valence-electron chi connectivity index (χ2n) is 2.65. The lowest BCUT2D eigenvalue weighted by molar-refractivity contribution is -0.134. The summed E-state index contributed by atoms with van der Waals surface area (Å²) in [5.41, 5.74) is 5.41. The van der Waals surface area contributed by atoms with Crippen LogP contribution in [-0.4, -0.2) is 12.0 Å². The Kier molecular flexibility index (Phi) is 4.47. The van der Waals surface area contributed by atoms with E-state index in [1.165, 1.54) is 0 Å². The van der Waals surface area contributed by atoms with Gasteiger partial charge < -0.3 is 9.92 Å². The highest BCUT2D eigenvalue weighted by molar-refractivity contribution is 7.75. The average molecular weight is 163 g/mol. The molecule has 0 rings (SSSR count). The van der Waals surface area contributed by atoms with Gasteiger partial charge in [0, 0.05) is 12.9 Å². The van der Waals surface area contributed by atoms with Crippen LogP contribution in [-0.2, 0) is 8.98 Å². The van der Waals surface area contributed by atoms with E-state index in [0.29, 0.717) is 12.3 Å². The van der Waals surface area contributed by atoms with Crippen LogP contribution in [0.2, 0.25) is 0 Å². The van der Waals surface area contributed by atoms with Crippen LogP contribution >= 0.6 is 12.9 Å². The number of hydrogen-bond donors (Lipinski definition) is 2. The second kappa shape index (κ2) is 4.57. The van der Waals surface area contributed by atoms with Crippen LogP contribution in [0.3, 0.4) is 0 Å².